The highest BCUT2D eigenvalue weighted by Crippen LogP contribution is 2.12. The fourth-order valence-electron chi connectivity index (χ4n) is 1.93. The summed E-state index contributed by atoms with van der Waals surface area (Å²) in [7, 11) is 0. The zero-order valence-corrected chi connectivity index (χ0v) is 9.89. The summed E-state index contributed by atoms with van der Waals surface area (Å²) in [6.45, 7) is 3.64. The Labute approximate surface area is 96.6 Å². The highest BCUT2D eigenvalue weighted by molar-refractivity contribution is 5.76. The molecule has 1 aliphatic rings. The molecule has 0 aromatic carbocycles. The van der Waals surface area contributed by atoms with Gasteiger partial charge in [0, 0.05) is 19.5 Å². The number of aliphatic hydroxyl groups excluding tert-OH is 1. The minimum Gasteiger partial charge on any atom is -0.394 e. The highest BCUT2D eigenvalue weighted by atomic mass is 16.5. The molecule has 0 spiro atoms. The van der Waals surface area contributed by atoms with E-state index >= 15 is 0 Å². The monoisotopic (exact) mass is 230 g/mol. The first-order chi connectivity index (χ1) is 7.67. The van der Waals surface area contributed by atoms with E-state index in [2.05, 4.69) is 0 Å². The predicted molar refractivity (Wildman–Crippen MR) is 60.9 cm³/mol. The van der Waals surface area contributed by atoms with Gasteiger partial charge in [0.1, 0.15) is 0 Å². The van der Waals surface area contributed by atoms with Crippen molar-refractivity contribution in [2.75, 3.05) is 26.2 Å². The minimum atomic E-state index is -0.234. The Morgan fingerprint density at radius 3 is 2.88 bits per heavy atom. The molecule has 94 valence electrons. The van der Waals surface area contributed by atoms with Crippen LogP contribution in [-0.4, -0.2) is 54.4 Å². The third-order valence-corrected chi connectivity index (χ3v) is 2.73. The van der Waals surface area contributed by atoms with Crippen LogP contribution in [0.4, 0.5) is 0 Å². The standard InChI is InChI=1S/C11H22N2O3/c1-9-6-13(7-10(8-14)16-9)11(15)4-2-3-5-12/h9-10,14H,2-8,12H2,1H3. The maximum Gasteiger partial charge on any atom is 0.222 e. The second kappa shape index (κ2) is 6.83. The van der Waals surface area contributed by atoms with Crippen molar-refractivity contribution in [1.82, 2.24) is 4.90 Å². The van der Waals surface area contributed by atoms with Gasteiger partial charge >= 0.3 is 0 Å². The first-order valence-electron chi connectivity index (χ1n) is 5.91. The predicted octanol–water partition coefficient (Wildman–Crippen LogP) is -0.276. The number of carbonyl (C=O) groups is 1. The van der Waals surface area contributed by atoms with Crippen molar-refractivity contribution in [3.8, 4) is 0 Å². The van der Waals surface area contributed by atoms with Gasteiger partial charge < -0.3 is 20.5 Å². The van der Waals surface area contributed by atoms with Gasteiger partial charge in [-0.1, -0.05) is 0 Å². The van der Waals surface area contributed by atoms with E-state index < -0.39 is 0 Å². The molecule has 1 fully saturated rings. The van der Waals surface area contributed by atoms with E-state index in [1.54, 1.807) is 4.90 Å². The first-order valence-corrected chi connectivity index (χ1v) is 5.91. The summed E-state index contributed by atoms with van der Waals surface area (Å²) in [5, 5.41) is 9.04. The second-order valence-electron chi connectivity index (χ2n) is 4.30. The maximum atomic E-state index is 11.8. The van der Waals surface area contributed by atoms with Crippen LogP contribution in [0.5, 0.6) is 0 Å². The van der Waals surface area contributed by atoms with Crippen molar-refractivity contribution in [2.45, 2.75) is 38.4 Å². The van der Waals surface area contributed by atoms with Crippen LogP contribution < -0.4 is 5.73 Å². The zero-order valence-electron chi connectivity index (χ0n) is 9.89. The largest absolute Gasteiger partial charge is 0.394 e. The van der Waals surface area contributed by atoms with E-state index in [0.717, 1.165) is 12.8 Å². The Bertz CT molecular complexity index is 223. The van der Waals surface area contributed by atoms with Gasteiger partial charge in [-0.2, -0.15) is 0 Å². The lowest BCUT2D eigenvalue weighted by Gasteiger charge is -2.36. The summed E-state index contributed by atoms with van der Waals surface area (Å²) < 4.78 is 5.48. The molecule has 0 radical (unpaired) electrons. The number of rotatable bonds is 5. The lowest BCUT2D eigenvalue weighted by molar-refractivity contribution is -0.147. The first kappa shape index (κ1) is 13.4. The molecule has 0 aromatic heterocycles. The summed E-state index contributed by atoms with van der Waals surface area (Å²) in [4.78, 5) is 13.6. The average Bonchev–Trinajstić information content (AvgIpc) is 2.28. The molecule has 0 saturated carbocycles. The number of nitrogens with two attached hydrogens (primary N) is 1. The van der Waals surface area contributed by atoms with Gasteiger partial charge in [-0.25, -0.2) is 0 Å². The SMILES string of the molecule is CC1CN(C(=O)CCCCN)CC(CO)O1. The number of aliphatic hydroxyl groups is 1. The molecule has 1 heterocycles. The number of nitrogens with zero attached hydrogens (tertiary/aromatic N) is 1. The van der Waals surface area contributed by atoms with Gasteiger partial charge in [-0.3, -0.25) is 4.79 Å². The number of carbonyl (C=O) groups excluding carboxylic acids is 1. The van der Waals surface area contributed by atoms with Gasteiger partial charge in [0.25, 0.3) is 0 Å². The molecule has 2 unspecified atom stereocenters. The van der Waals surface area contributed by atoms with Crippen molar-refractivity contribution in [3.05, 3.63) is 0 Å². The maximum absolute atomic E-state index is 11.8. The van der Waals surface area contributed by atoms with Crippen LogP contribution in [0, 0.1) is 0 Å². The Kier molecular flexibility index (Phi) is 5.73. The smallest absolute Gasteiger partial charge is 0.222 e. The number of unbranched alkanes of at least 4 members (excludes halogenated alkanes) is 1. The Morgan fingerprint density at radius 1 is 1.50 bits per heavy atom. The lowest BCUT2D eigenvalue weighted by Crippen LogP contribution is -2.50. The topological polar surface area (TPSA) is 75.8 Å². The van der Waals surface area contributed by atoms with Crippen molar-refractivity contribution in [1.29, 1.82) is 0 Å². The molecule has 0 aromatic rings. The quantitative estimate of drug-likeness (QED) is 0.637. The van der Waals surface area contributed by atoms with E-state index in [1.165, 1.54) is 0 Å². The third-order valence-electron chi connectivity index (χ3n) is 2.73. The second-order valence-corrected chi connectivity index (χ2v) is 4.30. The van der Waals surface area contributed by atoms with Crippen LogP contribution in [0.3, 0.4) is 0 Å². The fraction of sp³-hybridized carbons (Fsp3) is 0.909. The van der Waals surface area contributed by atoms with E-state index in [1.807, 2.05) is 6.92 Å². The van der Waals surface area contributed by atoms with E-state index in [0.29, 0.717) is 26.1 Å². The summed E-state index contributed by atoms with van der Waals surface area (Å²) in [5.41, 5.74) is 5.38. The number of hydrogen-bond acceptors (Lipinski definition) is 4. The van der Waals surface area contributed by atoms with Crippen LogP contribution >= 0.6 is 0 Å². The Balaban J connectivity index is 2.36. The molecular formula is C11H22N2O3. The summed E-state index contributed by atoms with van der Waals surface area (Å²) in [5.74, 6) is 0.141. The van der Waals surface area contributed by atoms with Crippen LogP contribution in [-0.2, 0) is 9.53 Å². The summed E-state index contributed by atoms with van der Waals surface area (Å²) in [6.07, 6.45) is 2.04. The lowest BCUT2D eigenvalue weighted by atomic mass is 10.1. The van der Waals surface area contributed by atoms with E-state index in [-0.39, 0.29) is 24.7 Å². The van der Waals surface area contributed by atoms with Crippen LogP contribution in [0.25, 0.3) is 0 Å². The molecule has 16 heavy (non-hydrogen) atoms. The Morgan fingerprint density at radius 2 is 2.25 bits per heavy atom. The average molecular weight is 230 g/mol. The fourth-order valence-corrected chi connectivity index (χ4v) is 1.93. The van der Waals surface area contributed by atoms with Crippen LogP contribution in [0.15, 0.2) is 0 Å². The minimum absolute atomic E-state index is 0.00404. The van der Waals surface area contributed by atoms with Crippen molar-refractivity contribution in [2.24, 2.45) is 5.73 Å². The summed E-state index contributed by atoms with van der Waals surface area (Å²) in [6, 6.07) is 0. The van der Waals surface area contributed by atoms with Gasteiger partial charge in [0.05, 0.1) is 18.8 Å². The molecule has 5 heteroatoms. The Hall–Kier alpha value is -0.650. The van der Waals surface area contributed by atoms with E-state index in [4.69, 9.17) is 15.6 Å². The van der Waals surface area contributed by atoms with Gasteiger partial charge in [-0.15, -0.1) is 0 Å². The number of ether oxygens (including phenoxy) is 1. The molecule has 5 nitrogen and oxygen atoms in total. The van der Waals surface area contributed by atoms with Crippen LogP contribution in [0.2, 0.25) is 0 Å². The molecule has 1 rings (SSSR count). The molecule has 2 atom stereocenters. The van der Waals surface area contributed by atoms with Gasteiger partial charge in [-0.05, 0) is 26.3 Å². The highest BCUT2D eigenvalue weighted by Gasteiger charge is 2.27. The molecular weight excluding hydrogens is 208 g/mol. The van der Waals surface area contributed by atoms with Gasteiger partial charge in [0.15, 0.2) is 0 Å². The normalized spacial score (nSPS) is 25.8. The number of morpholine rings is 1. The number of hydrogen-bond donors (Lipinski definition) is 2. The summed E-state index contributed by atoms with van der Waals surface area (Å²) >= 11 is 0. The van der Waals surface area contributed by atoms with Crippen LogP contribution in [0.1, 0.15) is 26.2 Å². The third kappa shape index (κ3) is 4.08. The van der Waals surface area contributed by atoms with Crippen molar-refractivity contribution < 1.29 is 14.6 Å². The molecule has 1 saturated heterocycles. The molecule has 1 aliphatic heterocycles. The molecule has 3 N–H and O–H groups in total. The zero-order chi connectivity index (χ0) is 12.0. The van der Waals surface area contributed by atoms with Crippen molar-refractivity contribution >= 4 is 5.91 Å². The van der Waals surface area contributed by atoms with E-state index in [9.17, 15) is 4.79 Å². The molecule has 0 bridgehead atoms. The van der Waals surface area contributed by atoms with Gasteiger partial charge in [0.2, 0.25) is 5.91 Å². The van der Waals surface area contributed by atoms with Crippen molar-refractivity contribution in [3.63, 3.8) is 0 Å². The number of amides is 1. The molecule has 0 aliphatic carbocycles. The molecule has 1 amide bonds.